The maximum atomic E-state index is 14.8. The Morgan fingerprint density at radius 1 is 1.16 bits per heavy atom. The van der Waals surface area contributed by atoms with E-state index in [4.69, 9.17) is 15.0 Å². The largest absolute Gasteiger partial charge is 0.616 e. The molecule has 8 nitrogen and oxygen atoms in total. The first-order valence-electron chi connectivity index (χ1n) is 9.52. The van der Waals surface area contributed by atoms with Crippen LogP contribution in [0.15, 0.2) is 46.2 Å². The van der Waals surface area contributed by atoms with Gasteiger partial charge in [0.05, 0.1) is 19.5 Å². The van der Waals surface area contributed by atoms with Crippen molar-refractivity contribution < 1.29 is 18.2 Å². The molecule has 2 aromatic heterocycles. The second-order valence-corrected chi connectivity index (χ2v) is 9.99. The summed E-state index contributed by atoms with van der Waals surface area (Å²) in [5.74, 6) is 0.748. The van der Waals surface area contributed by atoms with Crippen molar-refractivity contribution in [2.75, 3.05) is 12.9 Å². The normalized spacial score (nSPS) is 22.8. The number of aliphatic imine (C=N–C) groups is 1. The van der Waals surface area contributed by atoms with Crippen molar-refractivity contribution in [2.24, 2.45) is 10.7 Å². The van der Waals surface area contributed by atoms with Gasteiger partial charge in [0.1, 0.15) is 28.5 Å². The summed E-state index contributed by atoms with van der Waals surface area (Å²) in [5.41, 5.74) is 6.90. The van der Waals surface area contributed by atoms with Gasteiger partial charge in [-0.15, -0.1) is 0 Å². The van der Waals surface area contributed by atoms with Gasteiger partial charge in [0.15, 0.2) is 16.3 Å². The molecule has 10 heteroatoms. The number of benzene rings is 1. The van der Waals surface area contributed by atoms with E-state index < -0.39 is 27.3 Å². The van der Waals surface area contributed by atoms with E-state index in [-0.39, 0.29) is 11.6 Å². The van der Waals surface area contributed by atoms with Gasteiger partial charge in [0.2, 0.25) is 5.88 Å². The number of halogens is 1. The standard InChI is InChI=1S/C21H22FN5O3S/c1-20(2)19(23)26-21(3,11-31(20)28)13-7-12(5-6-14(13)22)17-8-15(27-30-17)16-9-25-18(29-4)10-24-16/h5-10H,11H2,1-4H3,(H2,23,26)/t21-,31+/m0/s1. The van der Waals surface area contributed by atoms with Crippen LogP contribution in [0.3, 0.4) is 0 Å². The second-order valence-electron chi connectivity index (χ2n) is 7.99. The minimum absolute atomic E-state index is 0.157. The maximum Gasteiger partial charge on any atom is 0.232 e. The van der Waals surface area contributed by atoms with E-state index in [1.54, 1.807) is 39.0 Å². The van der Waals surface area contributed by atoms with Gasteiger partial charge >= 0.3 is 0 Å². The molecular weight excluding hydrogens is 421 g/mol. The van der Waals surface area contributed by atoms with Crippen LogP contribution in [0, 0.1) is 5.82 Å². The molecule has 3 heterocycles. The molecule has 2 atom stereocenters. The van der Waals surface area contributed by atoms with E-state index in [1.807, 2.05) is 0 Å². The molecule has 3 aromatic rings. The smallest absolute Gasteiger partial charge is 0.232 e. The predicted molar refractivity (Wildman–Crippen MR) is 116 cm³/mol. The first-order valence-corrected chi connectivity index (χ1v) is 10.8. The van der Waals surface area contributed by atoms with Crippen LogP contribution in [0.4, 0.5) is 4.39 Å². The third-order valence-electron chi connectivity index (χ3n) is 5.41. The summed E-state index contributed by atoms with van der Waals surface area (Å²) in [6.45, 7) is 5.27. The second kappa shape index (κ2) is 7.61. The SMILES string of the molecule is COc1cnc(-c2cc(-c3ccc(F)c([C@]4(C)C[S@@+]([O-])C(C)(C)C(N)=N4)c3)on2)cn1. The Balaban J connectivity index is 1.71. The number of rotatable bonds is 4. The van der Waals surface area contributed by atoms with E-state index in [2.05, 4.69) is 20.1 Å². The Labute approximate surface area is 181 Å². The lowest BCUT2D eigenvalue weighted by Crippen LogP contribution is -2.55. The van der Waals surface area contributed by atoms with Crippen molar-refractivity contribution in [2.45, 2.75) is 31.1 Å². The molecule has 0 bridgehead atoms. The van der Waals surface area contributed by atoms with Crippen molar-refractivity contribution in [1.82, 2.24) is 15.1 Å². The van der Waals surface area contributed by atoms with E-state index in [1.165, 1.54) is 25.6 Å². The number of methoxy groups -OCH3 is 1. The summed E-state index contributed by atoms with van der Waals surface area (Å²) >= 11 is -1.32. The Hall–Kier alpha value is -2.98. The summed E-state index contributed by atoms with van der Waals surface area (Å²) in [7, 11) is 1.50. The van der Waals surface area contributed by atoms with Crippen LogP contribution >= 0.6 is 0 Å². The van der Waals surface area contributed by atoms with Crippen LogP contribution < -0.4 is 10.5 Å². The topological polar surface area (TPSA) is 122 Å². The summed E-state index contributed by atoms with van der Waals surface area (Å²) < 4.78 is 37.3. The molecule has 0 saturated carbocycles. The average Bonchev–Trinajstić information content (AvgIpc) is 3.23. The summed E-state index contributed by atoms with van der Waals surface area (Å²) in [5, 5.41) is 4.04. The summed E-state index contributed by atoms with van der Waals surface area (Å²) in [6.07, 6.45) is 3.00. The van der Waals surface area contributed by atoms with Gasteiger partial charge < -0.3 is 19.5 Å². The van der Waals surface area contributed by atoms with Crippen molar-refractivity contribution >= 4 is 17.0 Å². The number of amidine groups is 1. The van der Waals surface area contributed by atoms with Crippen LogP contribution in [0.2, 0.25) is 0 Å². The Morgan fingerprint density at radius 3 is 2.58 bits per heavy atom. The molecule has 0 amide bonds. The third kappa shape index (κ3) is 3.77. The lowest BCUT2D eigenvalue weighted by Gasteiger charge is -2.39. The van der Waals surface area contributed by atoms with Crippen molar-refractivity contribution in [3.63, 3.8) is 0 Å². The number of aromatic nitrogens is 3. The molecule has 2 N–H and O–H groups in total. The molecule has 0 spiro atoms. The molecule has 4 rings (SSSR count). The molecule has 1 aliphatic rings. The van der Waals surface area contributed by atoms with Crippen LogP contribution in [-0.4, -0.2) is 43.1 Å². The molecular formula is C21H22FN5O3S. The zero-order valence-corrected chi connectivity index (χ0v) is 18.4. The first kappa shape index (κ1) is 21.3. The number of nitrogens with zero attached hydrogens (tertiary/aromatic N) is 4. The highest BCUT2D eigenvalue weighted by Crippen LogP contribution is 2.39. The fourth-order valence-corrected chi connectivity index (χ4v) is 4.67. The Bertz CT molecular complexity index is 1150. The van der Waals surface area contributed by atoms with E-state index in [0.29, 0.717) is 34.2 Å². The predicted octanol–water partition coefficient (Wildman–Crippen LogP) is 3.06. The quantitative estimate of drug-likeness (QED) is 0.615. The number of ether oxygens (including phenoxy) is 1. The van der Waals surface area contributed by atoms with E-state index in [9.17, 15) is 8.94 Å². The van der Waals surface area contributed by atoms with Gasteiger partial charge in [-0.3, -0.25) is 4.99 Å². The van der Waals surface area contributed by atoms with Crippen LogP contribution in [0.25, 0.3) is 22.7 Å². The van der Waals surface area contributed by atoms with Crippen molar-refractivity contribution in [1.29, 1.82) is 0 Å². The summed E-state index contributed by atoms with van der Waals surface area (Å²) in [4.78, 5) is 12.9. The fourth-order valence-electron chi connectivity index (χ4n) is 3.30. The average molecular weight is 444 g/mol. The first-order chi connectivity index (χ1) is 14.6. The monoisotopic (exact) mass is 443 g/mol. The summed E-state index contributed by atoms with van der Waals surface area (Å²) in [6, 6.07) is 6.24. The molecule has 162 valence electrons. The maximum absolute atomic E-state index is 14.8. The van der Waals surface area contributed by atoms with Gasteiger partial charge in [-0.2, -0.15) is 0 Å². The Kier molecular flexibility index (Phi) is 5.22. The van der Waals surface area contributed by atoms with Crippen LogP contribution in [0.5, 0.6) is 5.88 Å². The highest BCUT2D eigenvalue weighted by molar-refractivity contribution is 7.93. The van der Waals surface area contributed by atoms with Gasteiger partial charge in [0, 0.05) is 17.2 Å². The van der Waals surface area contributed by atoms with E-state index >= 15 is 0 Å². The molecule has 0 radical (unpaired) electrons. The molecule has 0 fully saturated rings. The molecule has 0 saturated heterocycles. The molecule has 1 aliphatic heterocycles. The fraction of sp³-hybridized carbons (Fsp3) is 0.333. The molecule has 1 aromatic carbocycles. The molecule has 0 unspecified atom stereocenters. The zero-order chi connectivity index (χ0) is 22.4. The van der Waals surface area contributed by atoms with Crippen molar-refractivity contribution in [3.05, 3.63) is 48.0 Å². The minimum atomic E-state index is -1.32. The highest BCUT2D eigenvalue weighted by Gasteiger charge is 2.48. The number of hydrogen-bond acceptors (Lipinski definition) is 8. The van der Waals surface area contributed by atoms with Crippen LogP contribution in [0.1, 0.15) is 26.3 Å². The van der Waals surface area contributed by atoms with E-state index in [0.717, 1.165) is 0 Å². The van der Waals surface area contributed by atoms with Gasteiger partial charge in [-0.1, -0.05) is 5.16 Å². The lowest BCUT2D eigenvalue weighted by molar-refractivity contribution is 0.395. The molecule has 0 aliphatic carbocycles. The van der Waals surface area contributed by atoms with Crippen LogP contribution in [-0.2, 0) is 16.7 Å². The highest BCUT2D eigenvalue weighted by atomic mass is 32.2. The minimum Gasteiger partial charge on any atom is -0.616 e. The zero-order valence-electron chi connectivity index (χ0n) is 17.5. The van der Waals surface area contributed by atoms with Gasteiger partial charge in [-0.05, 0) is 50.1 Å². The number of hydrogen-bond donors (Lipinski definition) is 1. The lowest BCUT2D eigenvalue weighted by atomic mass is 9.91. The third-order valence-corrected chi connectivity index (χ3v) is 7.58. The van der Waals surface area contributed by atoms with Gasteiger partial charge in [0.25, 0.3) is 0 Å². The van der Waals surface area contributed by atoms with Gasteiger partial charge in [-0.25, -0.2) is 14.4 Å². The number of nitrogens with two attached hydrogens (primary N) is 1. The van der Waals surface area contributed by atoms with Crippen molar-refractivity contribution in [3.8, 4) is 28.6 Å². The molecule has 31 heavy (non-hydrogen) atoms. The Morgan fingerprint density at radius 2 is 1.94 bits per heavy atom.